The molecule has 1 aromatic heterocycles. The lowest BCUT2D eigenvalue weighted by Gasteiger charge is -2.22. The van der Waals surface area contributed by atoms with Crippen LogP contribution in [0, 0.1) is 10.1 Å². The summed E-state index contributed by atoms with van der Waals surface area (Å²) in [5.74, 6) is -0.0418. The minimum Gasteiger partial charge on any atom is -0.492 e. The van der Waals surface area contributed by atoms with Crippen LogP contribution in [0.25, 0.3) is 10.9 Å². The second-order valence-corrected chi connectivity index (χ2v) is 11.1. The number of hydrogen-bond acceptors (Lipinski definition) is 6. The second-order valence-electron chi connectivity index (χ2n) is 11.1. The molecule has 0 bridgehead atoms. The van der Waals surface area contributed by atoms with E-state index < -0.39 is 10.7 Å². The molecule has 0 atom stereocenters. The van der Waals surface area contributed by atoms with Gasteiger partial charge in [0.15, 0.2) is 11.5 Å². The van der Waals surface area contributed by atoms with Crippen molar-refractivity contribution in [2.45, 2.75) is 32.3 Å². The van der Waals surface area contributed by atoms with E-state index in [0.717, 1.165) is 23.9 Å². The summed E-state index contributed by atoms with van der Waals surface area (Å²) in [7, 11) is 0. The molecule has 9 heteroatoms. The molecule has 45 heavy (non-hydrogen) atoms. The molecule has 9 nitrogen and oxygen atoms in total. The van der Waals surface area contributed by atoms with Crippen molar-refractivity contribution in [3.8, 4) is 11.5 Å². The standard InChI is InChI=1S/C36H33N3O6/c40-34(27-15-18-35(33(21-27)39(42)43)45-24-25-9-3-1-4-10-25)23-38(36(41)26-11-5-2-6-12-26)19-20-44-28-16-17-30-29-13-7-8-14-31(29)37-32(30)22-28/h1-6,9-12,15-18,21-22,37H,7-8,13-14,19-20,23-24H2. The van der Waals surface area contributed by atoms with Gasteiger partial charge in [-0.2, -0.15) is 0 Å². The zero-order valence-electron chi connectivity index (χ0n) is 24.7. The number of fused-ring (bicyclic) bond motifs is 3. The van der Waals surface area contributed by atoms with Crippen molar-refractivity contribution in [1.82, 2.24) is 9.88 Å². The Hall–Kier alpha value is -5.44. The SMILES string of the molecule is O=C(CN(CCOc1ccc2c3c([nH]c2c1)CCCC3)C(=O)c1ccccc1)c1ccc(OCc2ccccc2)c([N+](=O)[O-])c1. The Labute approximate surface area is 260 Å². The second kappa shape index (κ2) is 13.5. The number of nitrogens with one attached hydrogen (secondary N) is 1. The number of amides is 1. The Bertz CT molecular complexity index is 1830. The molecule has 6 rings (SSSR count). The lowest BCUT2D eigenvalue weighted by molar-refractivity contribution is -0.386. The Balaban J connectivity index is 1.16. The number of ether oxygens (including phenoxy) is 2. The van der Waals surface area contributed by atoms with Crippen molar-refractivity contribution in [3.63, 3.8) is 0 Å². The van der Waals surface area contributed by atoms with Crippen LogP contribution in [-0.2, 0) is 19.4 Å². The van der Waals surface area contributed by atoms with Gasteiger partial charge >= 0.3 is 5.69 Å². The van der Waals surface area contributed by atoms with Gasteiger partial charge in [0.05, 0.1) is 18.0 Å². The van der Waals surface area contributed by atoms with Gasteiger partial charge < -0.3 is 19.4 Å². The third kappa shape index (κ3) is 6.88. The van der Waals surface area contributed by atoms with E-state index in [0.29, 0.717) is 11.3 Å². The van der Waals surface area contributed by atoms with Gasteiger partial charge in [0.1, 0.15) is 19.0 Å². The monoisotopic (exact) mass is 603 g/mol. The average molecular weight is 604 g/mol. The van der Waals surface area contributed by atoms with E-state index >= 15 is 0 Å². The predicted molar refractivity (Wildman–Crippen MR) is 171 cm³/mol. The number of ketones is 1. The molecule has 0 spiro atoms. The van der Waals surface area contributed by atoms with E-state index in [-0.39, 0.29) is 49.2 Å². The van der Waals surface area contributed by atoms with Gasteiger partial charge in [0, 0.05) is 39.9 Å². The molecular formula is C36H33N3O6. The largest absolute Gasteiger partial charge is 0.492 e. The molecule has 1 aliphatic carbocycles. The maximum Gasteiger partial charge on any atom is 0.311 e. The van der Waals surface area contributed by atoms with E-state index in [2.05, 4.69) is 11.1 Å². The first-order valence-corrected chi connectivity index (χ1v) is 15.1. The van der Waals surface area contributed by atoms with Crippen LogP contribution in [0.1, 0.15) is 50.4 Å². The number of nitrogens with zero attached hydrogens (tertiary/aromatic N) is 2. The van der Waals surface area contributed by atoms with Gasteiger partial charge in [0.2, 0.25) is 0 Å². The predicted octanol–water partition coefficient (Wildman–Crippen LogP) is 6.94. The summed E-state index contributed by atoms with van der Waals surface area (Å²) in [5.41, 5.74) is 4.80. The molecule has 1 amide bonds. The summed E-state index contributed by atoms with van der Waals surface area (Å²) in [4.78, 5) is 43.1. The zero-order valence-corrected chi connectivity index (χ0v) is 24.7. The Morgan fingerprint density at radius 3 is 2.38 bits per heavy atom. The number of Topliss-reactive ketones (excluding diaryl/α,β-unsaturated/α-hetero) is 1. The fourth-order valence-electron chi connectivity index (χ4n) is 5.73. The highest BCUT2D eigenvalue weighted by Crippen LogP contribution is 2.32. The molecule has 1 N–H and O–H groups in total. The van der Waals surface area contributed by atoms with Crippen molar-refractivity contribution in [2.75, 3.05) is 19.7 Å². The molecule has 5 aromatic rings. The topological polar surface area (TPSA) is 115 Å². The summed E-state index contributed by atoms with van der Waals surface area (Å²) in [6, 6.07) is 28.1. The number of nitro groups is 1. The summed E-state index contributed by atoms with van der Waals surface area (Å²) in [5, 5.41) is 13.1. The van der Waals surface area contributed by atoms with Crippen LogP contribution < -0.4 is 9.47 Å². The number of rotatable bonds is 12. The summed E-state index contributed by atoms with van der Waals surface area (Å²) in [6.07, 6.45) is 4.51. The normalized spacial score (nSPS) is 12.4. The zero-order chi connectivity index (χ0) is 31.2. The number of nitro benzene ring substituents is 1. The molecule has 0 saturated carbocycles. The van der Waals surface area contributed by atoms with E-state index in [9.17, 15) is 19.7 Å². The van der Waals surface area contributed by atoms with Gasteiger partial charge in [-0.05, 0) is 73.2 Å². The molecular weight excluding hydrogens is 570 g/mol. The lowest BCUT2D eigenvalue weighted by atomic mass is 9.96. The number of aromatic nitrogens is 1. The van der Waals surface area contributed by atoms with Crippen molar-refractivity contribution < 1.29 is 24.0 Å². The number of carbonyl (C=O) groups excluding carboxylic acids is 2. The van der Waals surface area contributed by atoms with Gasteiger partial charge in [-0.1, -0.05) is 48.5 Å². The van der Waals surface area contributed by atoms with Crippen LogP contribution in [0.15, 0.2) is 97.1 Å². The van der Waals surface area contributed by atoms with E-state index in [1.807, 2.05) is 48.5 Å². The molecule has 0 fully saturated rings. The number of carbonyl (C=O) groups is 2. The summed E-state index contributed by atoms with van der Waals surface area (Å²) < 4.78 is 11.8. The fourth-order valence-corrected chi connectivity index (χ4v) is 5.73. The van der Waals surface area contributed by atoms with E-state index in [1.165, 1.54) is 52.6 Å². The number of hydrogen-bond donors (Lipinski definition) is 1. The average Bonchev–Trinajstić information content (AvgIpc) is 3.45. The van der Waals surface area contributed by atoms with Crippen LogP contribution in [0.3, 0.4) is 0 Å². The molecule has 0 aliphatic heterocycles. The van der Waals surface area contributed by atoms with E-state index in [4.69, 9.17) is 9.47 Å². The molecule has 0 radical (unpaired) electrons. The Morgan fingerprint density at radius 2 is 1.60 bits per heavy atom. The minimum absolute atomic E-state index is 0.0610. The molecule has 1 aliphatic rings. The van der Waals surface area contributed by atoms with Gasteiger partial charge in [-0.15, -0.1) is 0 Å². The van der Waals surface area contributed by atoms with Crippen molar-refractivity contribution in [2.24, 2.45) is 0 Å². The maximum absolute atomic E-state index is 13.5. The number of benzene rings is 4. The summed E-state index contributed by atoms with van der Waals surface area (Å²) >= 11 is 0. The highest BCUT2D eigenvalue weighted by Gasteiger charge is 2.23. The summed E-state index contributed by atoms with van der Waals surface area (Å²) in [6.45, 7) is 0.164. The maximum atomic E-state index is 13.5. The smallest absolute Gasteiger partial charge is 0.311 e. The van der Waals surface area contributed by atoms with Crippen LogP contribution in [0.2, 0.25) is 0 Å². The van der Waals surface area contributed by atoms with Gasteiger partial charge in [0.25, 0.3) is 5.91 Å². The number of aryl methyl sites for hydroxylation is 2. The highest BCUT2D eigenvalue weighted by atomic mass is 16.6. The first-order valence-electron chi connectivity index (χ1n) is 15.1. The van der Waals surface area contributed by atoms with Gasteiger partial charge in [-0.25, -0.2) is 0 Å². The third-order valence-corrected chi connectivity index (χ3v) is 8.06. The van der Waals surface area contributed by atoms with Crippen molar-refractivity contribution in [1.29, 1.82) is 0 Å². The van der Waals surface area contributed by atoms with Gasteiger partial charge in [-0.3, -0.25) is 19.7 Å². The first-order chi connectivity index (χ1) is 22.0. The minimum atomic E-state index is -0.574. The lowest BCUT2D eigenvalue weighted by Crippen LogP contribution is -2.38. The molecule has 0 unspecified atom stereocenters. The molecule has 0 saturated heterocycles. The number of H-pyrrole nitrogens is 1. The van der Waals surface area contributed by atoms with Crippen LogP contribution in [0.5, 0.6) is 11.5 Å². The first kappa shape index (κ1) is 29.6. The third-order valence-electron chi connectivity index (χ3n) is 8.06. The van der Waals surface area contributed by atoms with Crippen molar-refractivity contribution in [3.05, 3.63) is 135 Å². The Morgan fingerprint density at radius 1 is 0.844 bits per heavy atom. The molecule has 4 aromatic carbocycles. The van der Waals surface area contributed by atoms with E-state index in [1.54, 1.807) is 24.3 Å². The Kier molecular flexibility index (Phi) is 8.86. The van der Waals surface area contributed by atoms with Crippen molar-refractivity contribution >= 4 is 28.3 Å². The molecule has 1 heterocycles. The highest BCUT2D eigenvalue weighted by molar-refractivity contribution is 6.02. The van der Waals surface area contributed by atoms with Crippen LogP contribution >= 0.6 is 0 Å². The fraction of sp³-hybridized carbons (Fsp3) is 0.222. The quantitative estimate of drug-likeness (QED) is 0.0939. The van der Waals surface area contributed by atoms with Crippen LogP contribution in [-0.4, -0.2) is 46.2 Å². The molecule has 228 valence electrons. The number of aromatic amines is 1. The van der Waals surface area contributed by atoms with Crippen LogP contribution in [0.4, 0.5) is 5.69 Å².